The number of nitrogens with one attached hydrogen (secondary N) is 1. The van der Waals surface area contributed by atoms with E-state index < -0.39 is 6.10 Å². The molecule has 16 heavy (non-hydrogen) atoms. The molecule has 0 radical (unpaired) electrons. The van der Waals surface area contributed by atoms with E-state index in [1.54, 1.807) is 0 Å². The van der Waals surface area contributed by atoms with Gasteiger partial charge in [-0.1, -0.05) is 19.8 Å². The first-order valence-electron chi connectivity index (χ1n) is 6.10. The highest BCUT2D eigenvalue weighted by molar-refractivity contribution is 5.82. The van der Waals surface area contributed by atoms with Crippen LogP contribution in [0.5, 0.6) is 0 Å². The molecule has 0 aromatic carbocycles. The third-order valence-corrected chi connectivity index (χ3v) is 3.58. The number of amides is 1. The summed E-state index contributed by atoms with van der Waals surface area (Å²) in [6.07, 6.45) is 4.53. The van der Waals surface area contributed by atoms with Crippen molar-refractivity contribution in [1.82, 2.24) is 5.32 Å². The van der Waals surface area contributed by atoms with Crippen LogP contribution in [0.25, 0.3) is 0 Å². The maximum atomic E-state index is 12.0. The number of aliphatic hydroxyl groups excluding tert-OH is 1. The lowest BCUT2D eigenvalue weighted by molar-refractivity contribution is -0.131. The Bertz CT molecular complexity index is 224. The second-order valence-corrected chi connectivity index (χ2v) is 4.66. The Labute approximate surface area is 97.4 Å². The van der Waals surface area contributed by atoms with Gasteiger partial charge < -0.3 is 15.2 Å². The minimum atomic E-state index is -0.607. The summed E-state index contributed by atoms with van der Waals surface area (Å²) in [4.78, 5) is 12.0. The quantitative estimate of drug-likeness (QED) is 0.716. The second-order valence-electron chi connectivity index (χ2n) is 4.66. The highest BCUT2D eigenvalue weighted by Crippen LogP contribution is 2.40. The van der Waals surface area contributed by atoms with E-state index in [0.29, 0.717) is 0 Å². The Hall–Kier alpha value is -0.610. The summed E-state index contributed by atoms with van der Waals surface area (Å²) in [6, 6.07) is 0. The third-order valence-electron chi connectivity index (χ3n) is 3.58. The van der Waals surface area contributed by atoms with Crippen LogP contribution < -0.4 is 5.32 Å². The molecule has 1 rings (SSSR count). The molecule has 2 N–H and O–H groups in total. The van der Waals surface area contributed by atoms with Crippen molar-refractivity contribution in [2.75, 3.05) is 20.3 Å². The maximum Gasteiger partial charge on any atom is 0.226 e. The number of carbonyl (C=O) groups excluding carboxylic acids is 1. The molecule has 1 aliphatic rings. The van der Waals surface area contributed by atoms with Gasteiger partial charge in [0.05, 0.1) is 12.7 Å². The predicted octanol–water partition coefficient (Wildman–Crippen LogP) is 1.08. The molecule has 0 saturated heterocycles. The van der Waals surface area contributed by atoms with Gasteiger partial charge in [-0.3, -0.25) is 4.79 Å². The molecule has 0 spiro atoms. The topological polar surface area (TPSA) is 58.6 Å². The molecule has 1 aliphatic carbocycles. The van der Waals surface area contributed by atoms with Crippen LogP contribution in [0.3, 0.4) is 0 Å². The van der Waals surface area contributed by atoms with Crippen LogP contribution in [0.4, 0.5) is 0 Å². The van der Waals surface area contributed by atoms with Crippen LogP contribution in [0.1, 0.15) is 39.0 Å². The largest absolute Gasteiger partial charge is 0.389 e. The normalized spacial score (nSPS) is 20.7. The summed E-state index contributed by atoms with van der Waals surface area (Å²) < 4.78 is 4.81. The number of methoxy groups -OCH3 is 1. The second kappa shape index (κ2) is 6.21. The molecule has 1 saturated carbocycles. The standard InChI is InChI=1S/C12H23NO3/c1-3-12(6-4-5-7-12)11(15)13-8-10(14)9-16-2/h10,14H,3-9H2,1-2H3,(H,13,15). The molecule has 1 fully saturated rings. The van der Waals surface area contributed by atoms with Gasteiger partial charge in [-0.15, -0.1) is 0 Å². The molecule has 0 heterocycles. The third kappa shape index (κ3) is 3.19. The van der Waals surface area contributed by atoms with Crippen LogP contribution in [0, 0.1) is 5.41 Å². The minimum Gasteiger partial charge on any atom is -0.389 e. The first-order valence-corrected chi connectivity index (χ1v) is 6.10. The van der Waals surface area contributed by atoms with E-state index >= 15 is 0 Å². The number of aliphatic hydroxyl groups is 1. The van der Waals surface area contributed by atoms with Gasteiger partial charge in [-0.05, 0) is 19.3 Å². The van der Waals surface area contributed by atoms with Crippen molar-refractivity contribution in [3.05, 3.63) is 0 Å². The van der Waals surface area contributed by atoms with Crippen molar-refractivity contribution in [3.63, 3.8) is 0 Å². The molecule has 4 heteroatoms. The highest BCUT2D eigenvalue weighted by atomic mass is 16.5. The molecular formula is C12H23NO3. The molecule has 1 unspecified atom stereocenters. The first-order chi connectivity index (χ1) is 7.64. The number of hydrogen-bond donors (Lipinski definition) is 2. The molecule has 1 amide bonds. The molecule has 1 atom stereocenters. The van der Waals surface area contributed by atoms with Gasteiger partial charge in [-0.2, -0.15) is 0 Å². The zero-order valence-electron chi connectivity index (χ0n) is 10.3. The molecule has 0 bridgehead atoms. The van der Waals surface area contributed by atoms with E-state index in [2.05, 4.69) is 12.2 Å². The first kappa shape index (κ1) is 13.5. The Balaban J connectivity index is 2.38. The van der Waals surface area contributed by atoms with E-state index in [4.69, 9.17) is 4.74 Å². The molecular weight excluding hydrogens is 206 g/mol. The monoisotopic (exact) mass is 229 g/mol. The van der Waals surface area contributed by atoms with Crippen molar-refractivity contribution in [2.24, 2.45) is 5.41 Å². The van der Waals surface area contributed by atoms with E-state index in [9.17, 15) is 9.90 Å². The molecule has 0 aromatic rings. The van der Waals surface area contributed by atoms with E-state index in [1.165, 1.54) is 7.11 Å². The van der Waals surface area contributed by atoms with Crippen LogP contribution in [-0.2, 0) is 9.53 Å². The van der Waals surface area contributed by atoms with Gasteiger partial charge >= 0.3 is 0 Å². The Morgan fingerprint density at radius 2 is 2.12 bits per heavy atom. The average molecular weight is 229 g/mol. The van der Waals surface area contributed by atoms with Gasteiger partial charge in [-0.25, -0.2) is 0 Å². The SMILES string of the molecule is CCC1(C(=O)NCC(O)COC)CCCC1. The number of carbonyl (C=O) groups is 1. The zero-order valence-corrected chi connectivity index (χ0v) is 10.3. The van der Waals surface area contributed by atoms with Crippen molar-refractivity contribution < 1.29 is 14.6 Å². The maximum absolute atomic E-state index is 12.0. The number of hydrogen-bond acceptors (Lipinski definition) is 3. The predicted molar refractivity (Wildman–Crippen MR) is 62.1 cm³/mol. The van der Waals surface area contributed by atoms with Crippen molar-refractivity contribution >= 4 is 5.91 Å². The summed E-state index contributed by atoms with van der Waals surface area (Å²) in [7, 11) is 1.54. The minimum absolute atomic E-state index is 0.0997. The molecule has 94 valence electrons. The summed E-state index contributed by atoms with van der Waals surface area (Å²) >= 11 is 0. The van der Waals surface area contributed by atoms with Gasteiger partial charge in [0.2, 0.25) is 5.91 Å². The average Bonchev–Trinajstić information content (AvgIpc) is 2.76. The van der Waals surface area contributed by atoms with E-state index in [0.717, 1.165) is 32.1 Å². The van der Waals surface area contributed by atoms with Crippen LogP contribution in [0.15, 0.2) is 0 Å². The fourth-order valence-corrected chi connectivity index (χ4v) is 2.44. The number of ether oxygens (including phenoxy) is 1. The van der Waals surface area contributed by atoms with Crippen LogP contribution in [-0.4, -0.2) is 37.4 Å². The Kier molecular flexibility index (Phi) is 5.22. The van der Waals surface area contributed by atoms with Crippen molar-refractivity contribution in [3.8, 4) is 0 Å². The summed E-state index contributed by atoms with van der Waals surface area (Å²) in [6.45, 7) is 2.62. The lowest BCUT2D eigenvalue weighted by atomic mass is 9.82. The van der Waals surface area contributed by atoms with Gasteiger partial charge in [0.25, 0.3) is 0 Å². The molecule has 4 nitrogen and oxygen atoms in total. The van der Waals surface area contributed by atoms with Crippen LogP contribution in [0.2, 0.25) is 0 Å². The molecule has 0 aliphatic heterocycles. The van der Waals surface area contributed by atoms with E-state index in [1.807, 2.05) is 0 Å². The summed E-state index contributed by atoms with van der Waals surface area (Å²) in [5.41, 5.74) is -0.174. The lowest BCUT2D eigenvalue weighted by Gasteiger charge is -2.26. The summed E-state index contributed by atoms with van der Waals surface area (Å²) in [5.74, 6) is 0.0997. The Morgan fingerprint density at radius 1 is 1.50 bits per heavy atom. The fourth-order valence-electron chi connectivity index (χ4n) is 2.44. The van der Waals surface area contributed by atoms with Gasteiger partial charge in [0, 0.05) is 19.1 Å². The number of rotatable bonds is 6. The van der Waals surface area contributed by atoms with Crippen molar-refractivity contribution in [2.45, 2.75) is 45.1 Å². The van der Waals surface area contributed by atoms with Gasteiger partial charge in [0.1, 0.15) is 0 Å². The zero-order chi connectivity index (χ0) is 12.0. The van der Waals surface area contributed by atoms with E-state index in [-0.39, 0.29) is 24.5 Å². The smallest absolute Gasteiger partial charge is 0.226 e. The van der Waals surface area contributed by atoms with Gasteiger partial charge in [0.15, 0.2) is 0 Å². The summed E-state index contributed by atoms with van der Waals surface area (Å²) in [5, 5.41) is 12.3. The van der Waals surface area contributed by atoms with Crippen molar-refractivity contribution in [1.29, 1.82) is 0 Å². The van der Waals surface area contributed by atoms with Crippen LogP contribution >= 0.6 is 0 Å². The highest BCUT2D eigenvalue weighted by Gasteiger charge is 2.39. The molecule has 0 aromatic heterocycles. The lowest BCUT2D eigenvalue weighted by Crippen LogP contribution is -2.43. The fraction of sp³-hybridized carbons (Fsp3) is 0.917. The Morgan fingerprint density at radius 3 is 2.62 bits per heavy atom.